The highest BCUT2D eigenvalue weighted by Gasteiger charge is 2.43. The summed E-state index contributed by atoms with van der Waals surface area (Å²) >= 11 is 5.81. The minimum Gasteiger partial charge on any atom is -0.369 e. The number of hydrogen-bond donors (Lipinski definition) is 0. The summed E-state index contributed by atoms with van der Waals surface area (Å²) in [7, 11) is 0. The zero-order chi connectivity index (χ0) is 19.0. The van der Waals surface area contributed by atoms with E-state index in [1.807, 2.05) is 18.2 Å². The van der Waals surface area contributed by atoms with E-state index in [0.717, 1.165) is 23.7 Å². The average molecular weight is 388 g/mol. The van der Waals surface area contributed by atoms with Crippen LogP contribution in [0.2, 0.25) is 5.02 Å². The molecular formula is C20H19ClFN3O2. The Morgan fingerprint density at radius 3 is 2.30 bits per heavy atom. The molecule has 7 heteroatoms. The highest BCUT2D eigenvalue weighted by molar-refractivity contribution is 6.31. The fourth-order valence-electron chi connectivity index (χ4n) is 3.73. The fraction of sp³-hybridized carbons (Fsp3) is 0.300. The summed E-state index contributed by atoms with van der Waals surface area (Å²) < 4.78 is 13.4. The second-order valence-electron chi connectivity index (χ2n) is 6.74. The molecule has 2 aromatic carbocycles. The Bertz CT molecular complexity index is 869. The standard InChI is InChI=1S/C20H19ClFN3O2/c21-16-12-15(6-7-17(16)22)25-19(26)13-18(20(25)27)24-10-8-23(9-11-24)14-4-2-1-3-5-14/h1-7,12,18H,8-11,13H2/t18-/m1/s1. The Morgan fingerprint density at radius 1 is 0.926 bits per heavy atom. The van der Waals surface area contributed by atoms with Gasteiger partial charge < -0.3 is 4.90 Å². The van der Waals surface area contributed by atoms with Gasteiger partial charge in [-0.3, -0.25) is 14.5 Å². The van der Waals surface area contributed by atoms with Crippen molar-refractivity contribution in [3.63, 3.8) is 0 Å². The number of halogens is 2. The molecule has 27 heavy (non-hydrogen) atoms. The predicted molar refractivity (Wildman–Crippen MR) is 103 cm³/mol. The van der Waals surface area contributed by atoms with Crippen LogP contribution in [0.5, 0.6) is 0 Å². The third-order valence-electron chi connectivity index (χ3n) is 5.16. The van der Waals surface area contributed by atoms with Gasteiger partial charge in [-0.05, 0) is 30.3 Å². The Kier molecular flexibility index (Phi) is 4.85. The van der Waals surface area contributed by atoms with Crippen LogP contribution in [0.4, 0.5) is 15.8 Å². The fourth-order valence-corrected chi connectivity index (χ4v) is 3.90. The molecule has 4 rings (SSSR count). The molecule has 1 atom stereocenters. The highest BCUT2D eigenvalue weighted by atomic mass is 35.5. The van der Waals surface area contributed by atoms with E-state index < -0.39 is 11.9 Å². The van der Waals surface area contributed by atoms with Crippen molar-refractivity contribution in [1.29, 1.82) is 0 Å². The van der Waals surface area contributed by atoms with Gasteiger partial charge in [-0.25, -0.2) is 9.29 Å². The molecule has 0 radical (unpaired) electrons. The molecule has 0 spiro atoms. The number of para-hydroxylation sites is 1. The van der Waals surface area contributed by atoms with E-state index in [0.29, 0.717) is 18.8 Å². The Morgan fingerprint density at radius 2 is 1.63 bits per heavy atom. The van der Waals surface area contributed by atoms with Gasteiger partial charge in [0.1, 0.15) is 5.82 Å². The first-order valence-corrected chi connectivity index (χ1v) is 9.28. The third kappa shape index (κ3) is 3.42. The van der Waals surface area contributed by atoms with E-state index in [9.17, 15) is 14.0 Å². The van der Waals surface area contributed by atoms with Crippen molar-refractivity contribution in [2.75, 3.05) is 36.0 Å². The van der Waals surface area contributed by atoms with E-state index in [4.69, 9.17) is 11.6 Å². The zero-order valence-electron chi connectivity index (χ0n) is 14.6. The molecule has 0 N–H and O–H groups in total. The lowest BCUT2D eigenvalue weighted by Gasteiger charge is -2.38. The molecule has 0 bridgehead atoms. The second kappa shape index (κ2) is 7.29. The molecule has 0 saturated carbocycles. The number of rotatable bonds is 3. The maximum atomic E-state index is 13.4. The van der Waals surface area contributed by atoms with Crippen molar-refractivity contribution in [2.45, 2.75) is 12.5 Å². The number of imide groups is 1. The van der Waals surface area contributed by atoms with Crippen LogP contribution in [0.25, 0.3) is 0 Å². The lowest BCUT2D eigenvalue weighted by atomic mass is 10.1. The molecule has 2 aliphatic rings. The quantitative estimate of drug-likeness (QED) is 0.759. The summed E-state index contributed by atoms with van der Waals surface area (Å²) in [4.78, 5) is 30.8. The molecule has 0 aliphatic carbocycles. The topological polar surface area (TPSA) is 43.9 Å². The molecule has 140 valence electrons. The number of nitrogens with zero attached hydrogens (tertiary/aromatic N) is 3. The predicted octanol–water partition coefficient (Wildman–Crippen LogP) is 2.93. The maximum Gasteiger partial charge on any atom is 0.251 e. The van der Waals surface area contributed by atoms with Gasteiger partial charge in [0.15, 0.2) is 0 Å². The van der Waals surface area contributed by atoms with Gasteiger partial charge >= 0.3 is 0 Å². The van der Waals surface area contributed by atoms with E-state index >= 15 is 0 Å². The van der Waals surface area contributed by atoms with Gasteiger partial charge in [0.25, 0.3) is 5.91 Å². The van der Waals surface area contributed by atoms with Crippen molar-refractivity contribution in [3.8, 4) is 0 Å². The summed E-state index contributed by atoms with van der Waals surface area (Å²) in [5, 5.41) is -0.104. The first-order chi connectivity index (χ1) is 13.0. The lowest BCUT2D eigenvalue weighted by molar-refractivity contribution is -0.123. The molecule has 2 aliphatic heterocycles. The van der Waals surface area contributed by atoms with Crippen LogP contribution in [-0.2, 0) is 9.59 Å². The first kappa shape index (κ1) is 17.9. The van der Waals surface area contributed by atoms with Crippen molar-refractivity contribution in [2.24, 2.45) is 0 Å². The zero-order valence-corrected chi connectivity index (χ0v) is 15.4. The number of carbonyl (C=O) groups is 2. The van der Waals surface area contributed by atoms with Crippen LogP contribution < -0.4 is 9.80 Å². The Balaban J connectivity index is 1.45. The highest BCUT2D eigenvalue weighted by Crippen LogP contribution is 2.29. The van der Waals surface area contributed by atoms with Gasteiger partial charge in [0.2, 0.25) is 5.91 Å². The van der Waals surface area contributed by atoms with E-state index in [1.165, 1.54) is 18.2 Å². The summed E-state index contributed by atoms with van der Waals surface area (Å²) in [6.45, 7) is 3.00. The van der Waals surface area contributed by atoms with Crippen molar-refractivity contribution >= 4 is 34.8 Å². The molecule has 2 aromatic rings. The van der Waals surface area contributed by atoms with Crippen LogP contribution >= 0.6 is 11.6 Å². The first-order valence-electron chi connectivity index (χ1n) is 8.90. The molecule has 2 fully saturated rings. The Hall–Kier alpha value is -2.44. The molecule has 2 amide bonds. The maximum absolute atomic E-state index is 13.4. The van der Waals surface area contributed by atoms with Gasteiger partial charge in [-0.2, -0.15) is 0 Å². The smallest absolute Gasteiger partial charge is 0.251 e. The number of benzene rings is 2. The van der Waals surface area contributed by atoms with Crippen LogP contribution in [0.3, 0.4) is 0 Å². The van der Waals surface area contributed by atoms with Gasteiger partial charge in [-0.15, -0.1) is 0 Å². The van der Waals surface area contributed by atoms with Crippen LogP contribution in [-0.4, -0.2) is 48.9 Å². The van der Waals surface area contributed by atoms with Crippen molar-refractivity contribution in [1.82, 2.24) is 4.90 Å². The molecular weight excluding hydrogens is 369 g/mol. The molecule has 2 heterocycles. The van der Waals surface area contributed by atoms with Crippen LogP contribution in [0.1, 0.15) is 6.42 Å². The molecule has 2 saturated heterocycles. The van der Waals surface area contributed by atoms with E-state index in [1.54, 1.807) is 0 Å². The third-order valence-corrected chi connectivity index (χ3v) is 5.45. The monoisotopic (exact) mass is 387 g/mol. The summed E-state index contributed by atoms with van der Waals surface area (Å²) in [6, 6.07) is 13.6. The van der Waals surface area contributed by atoms with Gasteiger partial charge in [0.05, 0.1) is 23.2 Å². The summed E-state index contributed by atoms with van der Waals surface area (Å²) in [5.74, 6) is -1.12. The second-order valence-corrected chi connectivity index (χ2v) is 7.15. The van der Waals surface area contributed by atoms with E-state index in [2.05, 4.69) is 21.9 Å². The minimum atomic E-state index is -0.576. The number of anilines is 2. The normalized spacial score (nSPS) is 21.2. The SMILES string of the molecule is O=C1C[C@@H](N2CCN(c3ccccc3)CC2)C(=O)N1c1ccc(F)c(Cl)c1. The number of hydrogen-bond acceptors (Lipinski definition) is 4. The van der Waals surface area contributed by atoms with E-state index in [-0.39, 0.29) is 23.3 Å². The van der Waals surface area contributed by atoms with Gasteiger partial charge in [-0.1, -0.05) is 29.8 Å². The summed E-state index contributed by atoms with van der Waals surface area (Å²) in [6.07, 6.45) is 0.138. The van der Waals surface area contributed by atoms with Crippen LogP contribution in [0.15, 0.2) is 48.5 Å². The number of piperazine rings is 1. The Labute approximate surface area is 161 Å². The van der Waals surface area contributed by atoms with Crippen molar-refractivity contribution < 1.29 is 14.0 Å². The average Bonchev–Trinajstić information content (AvgIpc) is 2.99. The number of amides is 2. The van der Waals surface area contributed by atoms with Crippen molar-refractivity contribution in [3.05, 3.63) is 59.4 Å². The minimum absolute atomic E-state index is 0.104. The van der Waals surface area contributed by atoms with Gasteiger partial charge in [0, 0.05) is 31.9 Å². The summed E-state index contributed by atoms with van der Waals surface area (Å²) in [5.41, 5.74) is 1.48. The number of carbonyl (C=O) groups excluding carboxylic acids is 2. The molecule has 0 unspecified atom stereocenters. The molecule has 5 nitrogen and oxygen atoms in total. The van der Waals surface area contributed by atoms with Crippen LogP contribution in [0, 0.1) is 5.82 Å². The molecule has 0 aromatic heterocycles. The largest absolute Gasteiger partial charge is 0.369 e. The lowest BCUT2D eigenvalue weighted by Crippen LogP contribution is -2.52.